The van der Waals surface area contributed by atoms with Crippen molar-refractivity contribution in [1.82, 2.24) is 0 Å². The van der Waals surface area contributed by atoms with Crippen LogP contribution in [0, 0.1) is 5.41 Å². The van der Waals surface area contributed by atoms with Gasteiger partial charge in [0.2, 0.25) is 0 Å². The van der Waals surface area contributed by atoms with E-state index in [4.69, 9.17) is 5.73 Å². The minimum Gasteiger partial charge on any atom is -0.398 e. The van der Waals surface area contributed by atoms with Crippen molar-refractivity contribution in [1.29, 1.82) is 0 Å². The van der Waals surface area contributed by atoms with Gasteiger partial charge in [-0.1, -0.05) is 20.3 Å². The Kier molecular flexibility index (Phi) is 3.33. The number of nitrogens with one attached hydrogen (secondary N) is 1. The molecule has 0 heterocycles. The van der Waals surface area contributed by atoms with E-state index in [0.717, 1.165) is 5.69 Å². The molecule has 0 saturated heterocycles. The van der Waals surface area contributed by atoms with Gasteiger partial charge in [0.1, 0.15) is 0 Å². The monoisotopic (exact) mass is 246 g/mol. The van der Waals surface area contributed by atoms with E-state index < -0.39 is 0 Å². The van der Waals surface area contributed by atoms with Gasteiger partial charge in [0, 0.05) is 23.0 Å². The highest BCUT2D eigenvalue weighted by Gasteiger charge is 2.34. The first-order valence-corrected chi connectivity index (χ1v) is 6.57. The Morgan fingerprint density at radius 3 is 2.67 bits per heavy atom. The largest absolute Gasteiger partial charge is 0.398 e. The molecule has 0 bridgehead atoms. The van der Waals surface area contributed by atoms with Crippen LogP contribution in [0.3, 0.4) is 0 Å². The lowest BCUT2D eigenvalue weighted by molar-refractivity contribution is 0.101. The van der Waals surface area contributed by atoms with Crippen LogP contribution in [-0.4, -0.2) is 11.8 Å². The molecular weight excluding hydrogens is 224 g/mol. The summed E-state index contributed by atoms with van der Waals surface area (Å²) in [4.78, 5) is 11.3. The molecule has 3 heteroatoms. The lowest BCUT2D eigenvalue weighted by atomic mass is 9.87. The summed E-state index contributed by atoms with van der Waals surface area (Å²) < 4.78 is 0. The molecule has 1 fully saturated rings. The molecule has 2 rings (SSSR count). The standard InChI is InChI=1S/C15H22N2O/c1-10(18)12-7-6-11(9-13(12)16)17-14-5-4-8-15(14,2)3/h6-7,9,14,17H,4-5,8,16H2,1-3H3. The van der Waals surface area contributed by atoms with Crippen LogP contribution in [0.2, 0.25) is 0 Å². The second-order valence-corrected chi connectivity index (χ2v) is 5.94. The van der Waals surface area contributed by atoms with Gasteiger partial charge < -0.3 is 11.1 Å². The van der Waals surface area contributed by atoms with Crippen molar-refractivity contribution in [3.05, 3.63) is 23.8 Å². The fourth-order valence-corrected chi connectivity index (χ4v) is 2.77. The molecule has 3 N–H and O–H groups in total. The lowest BCUT2D eigenvalue weighted by Crippen LogP contribution is -2.30. The van der Waals surface area contributed by atoms with E-state index in [1.807, 2.05) is 18.2 Å². The fourth-order valence-electron chi connectivity index (χ4n) is 2.77. The van der Waals surface area contributed by atoms with Gasteiger partial charge in [0.15, 0.2) is 5.78 Å². The van der Waals surface area contributed by atoms with Gasteiger partial charge in [-0.15, -0.1) is 0 Å². The average Bonchev–Trinajstić information content (AvgIpc) is 2.58. The summed E-state index contributed by atoms with van der Waals surface area (Å²) in [5.74, 6) is 0.0141. The molecule has 18 heavy (non-hydrogen) atoms. The minimum absolute atomic E-state index is 0.0141. The molecule has 0 amide bonds. The highest BCUT2D eigenvalue weighted by Crippen LogP contribution is 2.39. The maximum absolute atomic E-state index is 11.3. The van der Waals surface area contributed by atoms with E-state index in [0.29, 0.717) is 22.7 Å². The predicted octanol–water partition coefficient (Wildman–Crippen LogP) is 3.46. The first-order valence-electron chi connectivity index (χ1n) is 6.57. The molecule has 98 valence electrons. The Labute approximate surface area is 109 Å². The molecule has 3 nitrogen and oxygen atoms in total. The quantitative estimate of drug-likeness (QED) is 0.634. The molecule has 1 aromatic carbocycles. The number of rotatable bonds is 3. The number of hydrogen-bond acceptors (Lipinski definition) is 3. The van der Waals surface area contributed by atoms with Crippen LogP contribution in [0.4, 0.5) is 11.4 Å². The summed E-state index contributed by atoms with van der Waals surface area (Å²) in [7, 11) is 0. The number of nitrogens with two attached hydrogens (primary N) is 1. The van der Waals surface area contributed by atoms with Crippen LogP contribution in [0.25, 0.3) is 0 Å². The van der Waals surface area contributed by atoms with Gasteiger partial charge in [-0.3, -0.25) is 4.79 Å². The van der Waals surface area contributed by atoms with E-state index in [1.165, 1.54) is 19.3 Å². The summed E-state index contributed by atoms with van der Waals surface area (Å²) in [5, 5.41) is 3.55. The van der Waals surface area contributed by atoms with Gasteiger partial charge in [0.25, 0.3) is 0 Å². The number of ketones is 1. The van der Waals surface area contributed by atoms with Crippen molar-refractivity contribution in [2.75, 3.05) is 11.1 Å². The van der Waals surface area contributed by atoms with Crippen LogP contribution in [0.5, 0.6) is 0 Å². The van der Waals surface area contributed by atoms with E-state index in [-0.39, 0.29) is 5.78 Å². The molecule has 1 saturated carbocycles. The predicted molar refractivity (Wildman–Crippen MR) is 75.9 cm³/mol. The second kappa shape index (κ2) is 4.63. The topological polar surface area (TPSA) is 55.1 Å². The van der Waals surface area contributed by atoms with Crippen LogP contribution >= 0.6 is 0 Å². The van der Waals surface area contributed by atoms with E-state index in [9.17, 15) is 4.79 Å². The molecule has 1 unspecified atom stereocenters. The van der Waals surface area contributed by atoms with E-state index in [2.05, 4.69) is 19.2 Å². The molecule has 1 aliphatic rings. The van der Waals surface area contributed by atoms with Gasteiger partial charge in [-0.05, 0) is 43.4 Å². The van der Waals surface area contributed by atoms with Crippen molar-refractivity contribution >= 4 is 17.2 Å². The highest BCUT2D eigenvalue weighted by atomic mass is 16.1. The smallest absolute Gasteiger partial charge is 0.161 e. The van der Waals surface area contributed by atoms with Gasteiger partial charge in [0.05, 0.1) is 0 Å². The van der Waals surface area contributed by atoms with Crippen molar-refractivity contribution in [2.45, 2.75) is 46.1 Å². The number of carbonyl (C=O) groups is 1. The van der Waals surface area contributed by atoms with Crippen LogP contribution in [0.15, 0.2) is 18.2 Å². The van der Waals surface area contributed by atoms with Crippen LogP contribution in [0.1, 0.15) is 50.4 Å². The molecular formula is C15H22N2O. The molecule has 1 atom stereocenters. The maximum Gasteiger partial charge on any atom is 0.161 e. The number of hydrogen-bond donors (Lipinski definition) is 2. The van der Waals surface area contributed by atoms with E-state index >= 15 is 0 Å². The molecule has 1 aliphatic carbocycles. The zero-order valence-electron chi connectivity index (χ0n) is 11.4. The summed E-state index contributed by atoms with van der Waals surface area (Å²) in [6, 6.07) is 6.11. The zero-order valence-corrected chi connectivity index (χ0v) is 11.4. The SMILES string of the molecule is CC(=O)c1ccc(NC2CCCC2(C)C)cc1N. The van der Waals surface area contributed by atoms with Gasteiger partial charge in [-0.2, -0.15) is 0 Å². The zero-order chi connectivity index (χ0) is 13.3. The van der Waals surface area contributed by atoms with Gasteiger partial charge in [-0.25, -0.2) is 0 Å². The third-order valence-electron chi connectivity index (χ3n) is 4.03. The Hall–Kier alpha value is -1.51. The second-order valence-electron chi connectivity index (χ2n) is 5.94. The maximum atomic E-state index is 11.3. The third-order valence-corrected chi connectivity index (χ3v) is 4.03. The molecule has 0 aromatic heterocycles. The van der Waals surface area contributed by atoms with E-state index in [1.54, 1.807) is 6.92 Å². The molecule has 0 aliphatic heterocycles. The molecule has 0 spiro atoms. The first-order chi connectivity index (χ1) is 8.40. The van der Waals surface area contributed by atoms with Crippen molar-refractivity contribution in [3.8, 4) is 0 Å². The Balaban J connectivity index is 2.16. The number of anilines is 2. The van der Waals surface area contributed by atoms with Crippen LogP contribution in [-0.2, 0) is 0 Å². The van der Waals surface area contributed by atoms with Gasteiger partial charge >= 0.3 is 0 Å². The lowest BCUT2D eigenvalue weighted by Gasteiger charge is -2.29. The summed E-state index contributed by atoms with van der Waals surface area (Å²) >= 11 is 0. The normalized spacial score (nSPS) is 21.8. The summed E-state index contributed by atoms with van der Waals surface area (Å²) in [5.41, 5.74) is 8.40. The number of nitrogen functional groups attached to an aromatic ring is 1. The number of Topliss-reactive ketones (excluding diaryl/α,β-unsaturated/α-hetero) is 1. The summed E-state index contributed by atoms with van der Waals surface area (Å²) in [6.07, 6.45) is 3.72. The Bertz CT molecular complexity index is 466. The van der Waals surface area contributed by atoms with Crippen molar-refractivity contribution < 1.29 is 4.79 Å². The summed E-state index contributed by atoms with van der Waals surface area (Å²) in [6.45, 7) is 6.13. The molecule has 1 aromatic rings. The molecule has 0 radical (unpaired) electrons. The minimum atomic E-state index is 0.0141. The fraction of sp³-hybridized carbons (Fsp3) is 0.533. The third kappa shape index (κ3) is 2.50. The average molecular weight is 246 g/mol. The Morgan fingerprint density at radius 1 is 1.44 bits per heavy atom. The van der Waals surface area contributed by atoms with Crippen molar-refractivity contribution in [3.63, 3.8) is 0 Å². The van der Waals surface area contributed by atoms with Crippen molar-refractivity contribution in [2.24, 2.45) is 5.41 Å². The first kappa shape index (κ1) is 12.9. The Morgan fingerprint density at radius 2 is 2.17 bits per heavy atom. The number of benzene rings is 1. The highest BCUT2D eigenvalue weighted by molar-refractivity contribution is 5.99. The van der Waals surface area contributed by atoms with Crippen LogP contribution < -0.4 is 11.1 Å². The number of carbonyl (C=O) groups excluding carboxylic acids is 1.